The number of carbonyl (C=O) groups excluding carboxylic acids is 1. The summed E-state index contributed by atoms with van der Waals surface area (Å²) in [5.74, 6) is 0.718. The van der Waals surface area contributed by atoms with Crippen LogP contribution in [0.1, 0.15) is 17.7 Å². The van der Waals surface area contributed by atoms with Crippen molar-refractivity contribution in [3.05, 3.63) is 53.0 Å². The fourth-order valence-corrected chi connectivity index (χ4v) is 7.13. The lowest BCUT2D eigenvalue weighted by Gasteiger charge is -2.47. The Labute approximate surface area is 248 Å². The van der Waals surface area contributed by atoms with Gasteiger partial charge < -0.3 is 19.6 Å². The zero-order valence-electron chi connectivity index (χ0n) is 24.3. The molecule has 4 aromatic rings. The molecule has 2 aromatic carbocycles. The van der Waals surface area contributed by atoms with Crippen LogP contribution < -0.4 is 9.80 Å². The van der Waals surface area contributed by atoms with Crippen molar-refractivity contribution in [3.8, 4) is 11.1 Å². The SMILES string of the molecule is C=CC(=O)N1CC2(CCN(c3nc(N4CC(N(C)C)C4)nc4c(F)c(-c5c(C)ccc6n[nH]c(C)c56)c(Cl)cc34)C2)C1. The molecule has 0 bridgehead atoms. The number of anilines is 2. The van der Waals surface area contributed by atoms with E-state index in [0.29, 0.717) is 46.9 Å². The van der Waals surface area contributed by atoms with Crippen molar-refractivity contribution in [2.45, 2.75) is 26.3 Å². The van der Waals surface area contributed by atoms with Crippen LogP contribution in [0.15, 0.2) is 30.9 Å². The first-order valence-electron chi connectivity index (χ1n) is 14.3. The summed E-state index contributed by atoms with van der Waals surface area (Å²) in [6.07, 6.45) is 2.30. The number of likely N-dealkylation sites (N-methyl/N-ethyl adjacent to an activating group) is 1. The van der Waals surface area contributed by atoms with Gasteiger partial charge in [0.15, 0.2) is 5.82 Å². The van der Waals surface area contributed by atoms with Gasteiger partial charge in [-0.3, -0.25) is 9.89 Å². The normalized spacial score (nSPS) is 18.4. The molecule has 9 nitrogen and oxygen atoms in total. The van der Waals surface area contributed by atoms with Gasteiger partial charge in [0, 0.05) is 78.3 Å². The van der Waals surface area contributed by atoms with Gasteiger partial charge in [-0.15, -0.1) is 0 Å². The van der Waals surface area contributed by atoms with Crippen LogP contribution in [0.2, 0.25) is 5.02 Å². The zero-order chi connectivity index (χ0) is 29.5. The largest absolute Gasteiger partial charge is 0.355 e. The zero-order valence-corrected chi connectivity index (χ0v) is 25.1. The monoisotopic (exact) mass is 588 g/mol. The number of amides is 1. The van der Waals surface area contributed by atoms with E-state index in [0.717, 1.165) is 60.3 Å². The van der Waals surface area contributed by atoms with Crippen molar-refractivity contribution in [2.24, 2.45) is 5.41 Å². The third-order valence-electron chi connectivity index (χ3n) is 9.36. The molecule has 1 N–H and O–H groups in total. The number of hydrogen-bond acceptors (Lipinski definition) is 7. The number of nitrogens with one attached hydrogen (secondary N) is 1. The van der Waals surface area contributed by atoms with Gasteiger partial charge in [-0.05, 0) is 58.1 Å². The Morgan fingerprint density at radius 1 is 1.17 bits per heavy atom. The summed E-state index contributed by atoms with van der Waals surface area (Å²) in [7, 11) is 4.12. The van der Waals surface area contributed by atoms with E-state index in [4.69, 9.17) is 21.6 Å². The number of carbonyl (C=O) groups is 1. The van der Waals surface area contributed by atoms with Crippen LogP contribution >= 0.6 is 11.6 Å². The van der Waals surface area contributed by atoms with Crippen LogP contribution in [-0.4, -0.2) is 95.3 Å². The smallest absolute Gasteiger partial charge is 0.245 e. The molecule has 0 radical (unpaired) electrons. The number of benzene rings is 2. The van der Waals surface area contributed by atoms with E-state index < -0.39 is 5.82 Å². The summed E-state index contributed by atoms with van der Waals surface area (Å²) >= 11 is 6.96. The van der Waals surface area contributed by atoms with Gasteiger partial charge in [-0.25, -0.2) is 9.37 Å². The maximum absolute atomic E-state index is 16.9. The standard InChI is InChI=1S/C31H34ClFN8O/c1-6-23(42)41-15-31(16-41)9-10-39(14-31)29-20-11-21(32)26(24-17(2)7-8-22-25(24)18(3)36-37-22)27(33)28(20)34-30(35-29)40-12-19(13-40)38(4)5/h6-8,11,19H,1,9-10,12-16H2,2-5H3,(H,36,37). The minimum Gasteiger partial charge on any atom is -0.355 e. The van der Waals surface area contributed by atoms with Crippen molar-refractivity contribution in [3.63, 3.8) is 0 Å². The third-order valence-corrected chi connectivity index (χ3v) is 9.66. The molecular weight excluding hydrogens is 555 g/mol. The van der Waals surface area contributed by atoms with Gasteiger partial charge in [-0.1, -0.05) is 24.2 Å². The molecule has 3 saturated heterocycles. The van der Waals surface area contributed by atoms with E-state index in [2.05, 4.69) is 45.6 Å². The highest BCUT2D eigenvalue weighted by atomic mass is 35.5. The van der Waals surface area contributed by atoms with Gasteiger partial charge in [0.05, 0.1) is 10.5 Å². The number of likely N-dealkylation sites (tertiary alicyclic amines) is 1. The third kappa shape index (κ3) is 4.06. The number of nitrogens with zero attached hydrogens (tertiary/aromatic N) is 7. The van der Waals surface area contributed by atoms with E-state index >= 15 is 4.39 Å². The lowest BCUT2D eigenvalue weighted by Crippen LogP contribution is -2.59. The molecule has 218 valence electrons. The maximum Gasteiger partial charge on any atom is 0.245 e. The Hall–Kier alpha value is -3.76. The molecule has 0 aliphatic carbocycles. The predicted molar refractivity (Wildman–Crippen MR) is 165 cm³/mol. The van der Waals surface area contributed by atoms with Gasteiger partial charge >= 0.3 is 0 Å². The van der Waals surface area contributed by atoms with Crippen molar-refractivity contribution in [1.82, 2.24) is 30.0 Å². The Morgan fingerprint density at radius 3 is 2.64 bits per heavy atom. The highest BCUT2D eigenvalue weighted by Crippen LogP contribution is 2.46. The number of halogens is 2. The van der Waals surface area contributed by atoms with Crippen molar-refractivity contribution in [2.75, 3.05) is 63.2 Å². The van der Waals surface area contributed by atoms with Gasteiger partial charge in [0.2, 0.25) is 11.9 Å². The molecule has 0 saturated carbocycles. The lowest BCUT2D eigenvalue weighted by atomic mass is 9.79. The number of aromatic amines is 1. The van der Waals surface area contributed by atoms with E-state index in [-0.39, 0.29) is 16.8 Å². The number of hydrogen-bond donors (Lipinski definition) is 1. The molecule has 1 spiro atoms. The summed E-state index contributed by atoms with van der Waals surface area (Å²) < 4.78 is 16.9. The van der Waals surface area contributed by atoms with Crippen LogP contribution in [0, 0.1) is 25.1 Å². The Kier molecular flexibility index (Phi) is 6.22. The van der Waals surface area contributed by atoms with Crippen molar-refractivity contribution >= 4 is 51.1 Å². The molecule has 1 amide bonds. The van der Waals surface area contributed by atoms with Crippen molar-refractivity contribution < 1.29 is 9.18 Å². The fourth-order valence-electron chi connectivity index (χ4n) is 6.84. The van der Waals surface area contributed by atoms with Crippen molar-refractivity contribution in [1.29, 1.82) is 0 Å². The first-order chi connectivity index (χ1) is 20.1. The fraction of sp³-hybridized carbons (Fsp3) is 0.419. The van der Waals surface area contributed by atoms with Gasteiger partial charge in [0.1, 0.15) is 11.3 Å². The van der Waals surface area contributed by atoms with Crippen LogP contribution in [-0.2, 0) is 4.79 Å². The minimum atomic E-state index is -0.455. The molecule has 0 atom stereocenters. The van der Waals surface area contributed by atoms with Gasteiger partial charge in [-0.2, -0.15) is 10.1 Å². The van der Waals surface area contributed by atoms with E-state index in [1.807, 2.05) is 36.9 Å². The minimum absolute atomic E-state index is 0.00325. The predicted octanol–water partition coefficient (Wildman–Crippen LogP) is 4.56. The number of aryl methyl sites for hydroxylation is 2. The summed E-state index contributed by atoms with van der Waals surface area (Å²) in [6, 6.07) is 6.08. The van der Waals surface area contributed by atoms with E-state index in [1.54, 1.807) is 0 Å². The summed E-state index contributed by atoms with van der Waals surface area (Å²) in [5, 5.41) is 9.19. The second kappa shape index (κ2) is 9.64. The average Bonchev–Trinajstić information content (AvgIpc) is 3.52. The van der Waals surface area contributed by atoms with Gasteiger partial charge in [0.25, 0.3) is 0 Å². The highest BCUT2D eigenvalue weighted by Gasteiger charge is 2.49. The molecule has 3 fully saturated rings. The molecular formula is C31H34ClFN8O. The topological polar surface area (TPSA) is 84.5 Å². The lowest BCUT2D eigenvalue weighted by molar-refractivity contribution is -0.136. The van der Waals surface area contributed by atoms with Crippen LogP contribution in [0.4, 0.5) is 16.2 Å². The second-order valence-electron chi connectivity index (χ2n) is 12.4. The van der Waals surface area contributed by atoms with Crippen LogP contribution in [0.5, 0.6) is 0 Å². The Bertz CT molecular complexity index is 1770. The molecule has 3 aliphatic rings. The molecule has 2 aromatic heterocycles. The summed E-state index contributed by atoms with van der Waals surface area (Å²) in [6.45, 7) is 11.9. The van der Waals surface area contributed by atoms with Crippen LogP contribution in [0.3, 0.4) is 0 Å². The first kappa shape index (κ1) is 27.1. The van der Waals surface area contributed by atoms with Crippen LogP contribution in [0.25, 0.3) is 32.9 Å². The molecule has 3 aliphatic heterocycles. The number of rotatable bonds is 5. The van der Waals surface area contributed by atoms with E-state index in [9.17, 15) is 4.79 Å². The maximum atomic E-state index is 16.9. The average molecular weight is 589 g/mol. The quantitative estimate of drug-likeness (QED) is 0.342. The highest BCUT2D eigenvalue weighted by molar-refractivity contribution is 6.35. The second-order valence-corrected chi connectivity index (χ2v) is 12.8. The Morgan fingerprint density at radius 2 is 1.93 bits per heavy atom. The first-order valence-corrected chi connectivity index (χ1v) is 14.7. The molecule has 11 heteroatoms. The molecule has 5 heterocycles. The number of aromatic nitrogens is 4. The molecule has 7 rings (SSSR count). The number of H-pyrrole nitrogens is 1. The molecule has 0 unspecified atom stereocenters. The Balaban J connectivity index is 1.36. The summed E-state index contributed by atoms with van der Waals surface area (Å²) in [4.78, 5) is 30.3. The van der Waals surface area contributed by atoms with E-state index in [1.165, 1.54) is 6.08 Å². The molecule has 42 heavy (non-hydrogen) atoms. The number of fused-ring (bicyclic) bond motifs is 2. The summed E-state index contributed by atoms with van der Waals surface area (Å²) in [5.41, 5.74) is 3.83.